The van der Waals surface area contributed by atoms with Gasteiger partial charge in [-0.15, -0.1) is 0 Å². The van der Waals surface area contributed by atoms with E-state index < -0.39 is 0 Å². The van der Waals surface area contributed by atoms with E-state index in [0.717, 1.165) is 25.3 Å². The average Bonchev–Trinajstić information content (AvgIpc) is 2.36. The fourth-order valence-electron chi connectivity index (χ4n) is 2.33. The van der Waals surface area contributed by atoms with Crippen molar-refractivity contribution in [2.75, 3.05) is 19.8 Å². The predicted octanol–water partition coefficient (Wildman–Crippen LogP) is 2.12. The van der Waals surface area contributed by atoms with E-state index in [-0.39, 0.29) is 12.0 Å². The summed E-state index contributed by atoms with van der Waals surface area (Å²) in [6.45, 7) is 7.68. The lowest BCUT2D eigenvalue weighted by Gasteiger charge is -2.27. The molecule has 0 aromatic rings. The molecule has 4 nitrogen and oxygen atoms in total. The second-order valence-electron chi connectivity index (χ2n) is 5.08. The van der Waals surface area contributed by atoms with Crippen LogP contribution >= 0.6 is 0 Å². The van der Waals surface area contributed by atoms with Gasteiger partial charge >= 0.3 is 5.97 Å². The van der Waals surface area contributed by atoms with Crippen molar-refractivity contribution in [1.82, 2.24) is 5.32 Å². The molecule has 4 heteroatoms. The van der Waals surface area contributed by atoms with Gasteiger partial charge in [0.1, 0.15) is 6.04 Å². The van der Waals surface area contributed by atoms with Crippen LogP contribution in [0.5, 0.6) is 0 Å². The standard InChI is InChI=1S/C14H27NO3/c1-4-15-13(14(16)17-5-2)10-18-12-8-6-11(3)7-9-12/h11-13,15H,4-10H2,1-3H3. The molecule has 0 aromatic heterocycles. The Morgan fingerprint density at radius 3 is 2.50 bits per heavy atom. The minimum Gasteiger partial charge on any atom is -0.465 e. The van der Waals surface area contributed by atoms with E-state index in [2.05, 4.69) is 12.2 Å². The second kappa shape index (κ2) is 8.48. The maximum atomic E-state index is 11.7. The number of likely N-dealkylation sites (N-methyl/N-ethyl adjacent to an activating group) is 1. The van der Waals surface area contributed by atoms with Gasteiger partial charge in [-0.3, -0.25) is 4.79 Å². The molecule has 1 atom stereocenters. The lowest BCUT2D eigenvalue weighted by atomic mass is 9.89. The van der Waals surface area contributed by atoms with Gasteiger partial charge in [0.2, 0.25) is 0 Å². The van der Waals surface area contributed by atoms with Gasteiger partial charge in [0.15, 0.2) is 0 Å². The number of hydrogen-bond acceptors (Lipinski definition) is 4. The predicted molar refractivity (Wildman–Crippen MR) is 71.5 cm³/mol. The third-order valence-electron chi connectivity index (χ3n) is 3.48. The van der Waals surface area contributed by atoms with E-state index >= 15 is 0 Å². The zero-order chi connectivity index (χ0) is 13.4. The van der Waals surface area contributed by atoms with Crippen molar-refractivity contribution in [3.63, 3.8) is 0 Å². The molecule has 0 spiro atoms. The molecule has 1 fully saturated rings. The van der Waals surface area contributed by atoms with E-state index in [0.29, 0.717) is 19.3 Å². The third kappa shape index (κ3) is 5.36. The van der Waals surface area contributed by atoms with E-state index in [4.69, 9.17) is 9.47 Å². The van der Waals surface area contributed by atoms with Crippen molar-refractivity contribution in [3.05, 3.63) is 0 Å². The molecule has 1 rings (SSSR count). The summed E-state index contributed by atoms with van der Waals surface area (Å²) in [4.78, 5) is 11.7. The molecular formula is C14H27NO3. The average molecular weight is 257 g/mol. The maximum Gasteiger partial charge on any atom is 0.325 e. The molecule has 0 radical (unpaired) electrons. The highest BCUT2D eigenvalue weighted by molar-refractivity contribution is 5.75. The summed E-state index contributed by atoms with van der Waals surface area (Å²) in [5, 5.41) is 3.12. The monoisotopic (exact) mass is 257 g/mol. The van der Waals surface area contributed by atoms with Crippen molar-refractivity contribution in [1.29, 1.82) is 0 Å². The van der Waals surface area contributed by atoms with Crippen LogP contribution in [0, 0.1) is 5.92 Å². The van der Waals surface area contributed by atoms with Gasteiger partial charge in [0.25, 0.3) is 0 Å². The Bertz CT molecular complexity index is 237. The van der Waals surface area contributed by atoms with Crippen LogP contribution in [0.3, 0.4) is 0 Å². The summed E-state index contributed by atoms with van der Waals surface area (Å²) in [5.41, 5.74) is 0. The lowest BCUT2D eigenvalue weighted by molar-refractivity contribution is -0.148. The summed E-state index contributed by atoms with van der Waals surface area (Å²) < 4.78 is 10.9. The number of esters is 1. The van der Waals surface area contributed by atoms with Gasteiger partial charge in [-0.2, -0.15) is 0 Å². The van der Waals surface area contributed by atoms with Gasteiger partial charge in [-0.05, 0) is 45.1 Å². The van der Waals surface area contributed by atoms with Crippen LogP contribution in [-0.4, -0.2) is 37.9 Å². The number of carbonyl (C=O) groups is 1. The second-order valence-corrected chi connectivity index (χ2v) is 5.08. The van der Waals surface area contributed by atoms with Crippen molar-refractivity contribution >= 4 is 5.97 Å². The highest BCUT2D eigenvalue weighted by atomic mass is 16.5. The summed E-state index contributed by atoms with van der Waals surface area (Å²) >= 11 is 0. The zero-order valence-corrected chi connectivity index (χ0v) is 11.9. The van der Waals surface area contributed by atoms with Crippen molar-refractivity contribution in [2.45, 2.75) is 58.6 Å². The number of carbonyl (C=O) groups excluding carboxylic acids is 1. The molecule has 18 heavy (non-hydrogen) atoms. The van der Waals surface area contributed by atoms with Crippen molar-refractivity contribution in [3.8, 4) is 0 Å². The van der Waals surface area contributed by atoms with Gasteiger partial charge in [-0.1, -0.05) is 13.8 Å². The Morgan fingerprint density at radius 1 is 1.28 bits per heavy atom. The van der Waals surface area contributed by atoms with Crippen LogP contribution in [0.15, 0.2) is 0 Å². The topological polar surface area (TPSA) is 47.6 Å². The summed E-state index contributed by atoms with van der Waals surface area (Å²) in [5.74, 6) is 0.614. The molecule has 1 aliphatic rings. The number of rotatable bonds is 7. The first-order valence-corrected chi connectivity index (χ1v) is 7.19. The first kappa shape index (κ1) is 15.4. The SMILES string of the molecule is CCNC(COC1CCC(C)CC1)C(=O)OCC. The minimum absolute atomic E-state index is 0.205. The van der Waals surface area contributed by atoms with Crippen LogP contribution in [0.2, 0.25) is 0 Å². The Kier molecular flexibility index (Phi) is 7.28. The summed E-state index contributed by atoms with van der Waals surface area (Å²) in [6.07, 6.45) is 5.01. The van der Waals surface area contributed by atoms with Gasteiger partial charge < -0.3 is 14.8 Å². The minimum atomic E-state index is -0.325. The molecule has 0 bridgehead atoms. The molecule has 106 valence electrons. The fourth-order valence-corrected chi connectivity index (χ4v) is 2.33. The normalized spacial score (nSPS) is 25.7. The van der Waals surface area contributed by atoms with Crippen molar-refractivity contribution < 1.29 is 14.3 Å². The number of nitrogens with one attached hydrogen (secondary N) is 1. The number of ether oxygens (including phenoxy) is 2. The van der Waals surface area contributed by atoms with Gasteiger partial charge in [0.05, 0.1) is 19.3 Å². The lowest BCUT2D eigenvalue weighted by Crippen LogP contribution is -2.42. The highest BCUT2D eigenvalue weighted by Gasteiger charge is 2.23. The Labute approximate surface area is 110 Å². The molecule has 1 N–H and O–H groups in total. The van der Waals surface area contributed by atoms with E-state index in [1.165, 1.54) is 12.8 Å². The molecule has 0 heterocycles. The maximum absolute atomic E-state index is 11.7. The largest absolute Gasteiger partial charge is 0.465 e. The Hall–Kier alpha value is -0.610. The van der Waals surface area contributed by atoms with Gasteiger partial charge in [-0.25, -0.2) is 0 Å². The van der Waals surface area contributed by atoms with Crippen LogP contribution in [-0.2, 0) is 14.3 Å². The van der Waals surface area contributed by atoms with Crippen molar-refractivity contribution in [2.24, 2.45) is 5.92 Å². The fraction of sp³-hybridized carbons (Fsp3) is 0.929. The molecule has 1 aliphatic carbocycles. The Balaban J connectivity index is 2.30. The molecular weight excluding hydrogens is 230 g/mol. The van der Waals surface area contributed by atoms with Crippen LogP contribution in [0.1, 0.15) is 46.5 Å². The quantitative estimate of drug-likeness (QED) is 0.710. The van der Waals surface area contributed by atoms with Crippen LogP contribution < -0.4 is 5.32 Å². The van der Waals surface area contributed by atoms with Crippen LogP contribution in [0.4, 0.5) is 0 Å². The number of hydrogen-bond donors (Lipinski definition) is 1. The molecule has 0 saturated heterocycles. The summed E-state index contributed by atoms with van der Waals surface area (Å²) in [7, 11) is 0. The first-order valence-electron chi connectivity index (χ1n) is 7.19. The smallest absolute Gasteiger partial charge is 0.325 e. The molecule has 0 aliphatic heterocycles. The molecule has 0 aromatic carbocycles. The zero-order valence-electron chi connectivity index (χ0n) is 11.9. The Morgan fingerprint density at radius 2 is 1.94 bits per heavy atom. The van der Waals surface area contributed by atoms with Crippen LogP contribution in [0.25, 0.3) is 0 Å². The summed E-state index contributed by atoms with van der Waals surface area (Å²) in [6, 6.07) is -0.325. The molecule has 0 amide bonds. The van der Waals surface area contributed by atoms with E-state index in [1.54, 1.807) is 0 Å². The molecule has 1 unspecified atom stereocenters. The highest BCUT2D eigenvalue weighted by Crippen LogP contribution is 2.25. The van der Waals surface area contributed by atoms with Gasteiger partial charge in [0, 0.05) is 0 Å². The molecule has 1 saturated carbocycles. The van der Waals surface area contributed by atoms with E-state index in [9.17, 15) is 4.79 Å². The first-order chi connectivity index (χ1) is 8.67. The third-order valence-corrected chi connectivity index (χ3v) is 3.48. The van der Waals surface area contributed by atoms with E-state index in [1.807, 2.05) is 13.8 Å².